The molecule has 0 amide bonds. The first-order valence-corrected chi connectivity index (χ1v) is 5.51. The Morgan fingerprint density at radius 2 is 1.25 bits per heavy atom. The molecule has 0 aliphatic rings. The summed E-state index contributed by atoms with van der Waals surface area (Å²) in [6.45, 7) is 0. The maximum absolute atomic E-state index is 5.64. The topological polar surface area (TPSA) is 0 Å². The van der Waals surface area contributed by atoms with Crippen LogP contribution < -0.4 is 0 Å². The summed E-state index contributed by atoms with van der Waals surface area (Å²) in [7, 11) is 0. The van der Waals surface area contributed by atoms with Gasteiger partial charge in [0.05, 0.1) is 0 Å². The zero-order valence-electron chi connectivity index (χ0n) is 8.73. The van der Waals surface area contributed by atoms with Crippen LogP contribution in [0, 0.1) is 0 Å². The lowest BCUT2D eigenvalue weighted by molar-refractivity contribution is 1.55. The van der Waals surface area contributed by atoms with Crippen molar-refractivity contribution in [2.24, 2.45) is 0 Å². The molecule has 0 saturated heterocycles. The monoisotopic (exact) mass is 226 g/mol. The third-order valence-corrected chi connectivity index (χ3v) is 2.43. The van der Waals surface area contributed by atoms with Gasteiger partial charge >= 0.3 is 0 Å². The van der Waals surface area contributed by atoms with Crippen molar-refractivity contribution in [2.45, 2.75) is 0 Å². The van der Waals surface area contributed by atoms with Gasteiger partial charge in [-0.25, -0.2) is 0 Å². The molecule has 78 valence electrons. The Balaban J connectivity index is 2.53. The Hall–Kier alpha value is -1.75. The van der Waals surface area contributed by atoms with Gasteiger partial charge in [0.25, 0.3) is 0 Å². The van der Waals surface area contributed by atoms with E-state index in [1.54, 1.807) is 0 Å². The second kappa shape index (κ2) is 5.37. The summed E-state index contributed by atoms with van der Waals surface area (Å²) in [4.78, 5) is 0. The molecular weight excluding hydrogens is 216 g/mol. The van der Waals surface area contributed by atoms with Gasteiger partial charge in [-0.05, 0) is 11.1 Å². The van der Waals surface area contributed by atoms with E-state index in [2.05, 4.69) is 30.0 Å². The molecule has 16 heavy (non-hydrogen) atoms. The van der Waals surface area contributed by atoms with E-state index in [4.69, 9.17) is 11.6 Å². The fourth-order valence-electron chi connectivity index (χ4n) is 1.60. The van der Waals surface area contributed by atoms with Gasteiger partial charge in [0, 0.05) is 11.1 Å². The fourth-order valence-corrected chi connectivity index (χ4v) is 1.71. The normalized spacial score (nSPS) is 9.31. The van der Waals surface area contributed by atoms with Crippen LogP contribution in [0.1, 0.15) is 11.1 Å². The van der Waals surface area contributed by atoms with Crippen molar-refractivity contribution in [3.05, 3.63) is 83.1 Å². The zero-order valence-corrected chi connectivity index (χ0v) is 9.48. The lowest BCUT2D eigenvalue weighted by Gasteiger charge is -2.04. The predicted molar refractivity (Wildman–Crippen MR) is 69.3 cm³/mol. The van der Waals surface area contributed by atoms with Crippen molar-refractivity contribution in [1.29, 1.82) is 0 Å². The van der Waals surface area contributed by atoms with E-state index < -0.39 is 0 Å². The molecule has 0 unspecified atom stereocenters. The Kier molecular flexibility index (Phi) is 3.61. The highest BCUT2D eigenvalue weighted by molar-refractivity contribution is 6.25. The van der Waals surface area contributed by atoms with E-state index in [1.165, 1.54) is 5.54 Å². The second-order valence-corrected chi connectivity index (χ2v) is 3.58. The molecule has 0 nitrogen and oxygen atoms in total. The molecule has 0 atom stereocenters. The maximum Gasteiger partial charge on any atom is 0.0469 e. The van der Waals surface area contributed by atoms with E-state index in [9.17, 15) is 0 Å². The largest absolute Gasteiger partial charge is 0.0993 e. The highest BCUT2D eigenvalue weighted by atomic mass is 35.5. The molecule has 0 fully saturated rings. The van der Waals surface area contributed by atoms with Crippen molar-refractivity contribution in [3.8, 4) is 0 Å². The van der Waals surface area contributed by atoms with Gasteiger partial charge in [-0.3, -0.25) is 0 Å². The van der Waals surface area contributed by atoms with Crippen LogP contribution in [0.25, 0.3) is 5.57 Å². The van der Waals surface area contributed by atoms with E-state index in [-0.39, 0.29) is 0 Å². The van der Waals surface area contributed by atoms with Crippen molar-refractivity contribution in [1.82, 2.24) is 0 Å². The zero-order chi connectivity index (χ0) is 11.2. The molecule has 0 N–H and O–H groups in total. The molecule has 0 heterocycles. The van der Waals surface area contributed by atoms with Gasteiger partial charge in [0.2, 0.25) is 0 Å². The predicted octanol–water partition coefficient (Wildman–Crippen LogP) is 4.47. The Morgan fingerprint density at radius 1 is 0.812 bits per heavy atom. The summed E-state index contributed by atoms with van der Waals surface area (Å²) in [5, 5.41) is 0. The number of benzene rings is 2. The van der Waals surface area contributed by atoms with Gasteiger partial charge in [0.15, 0.2) is 0 Å². The highest BCUT2D eigenvalue weighted by Gasteiger charge is 2.02. The standard InChI is InChI=1S/C15H11Cl/c16-12-11-15(13-7-3-1-4-8-13)14-9-5-2-6-10-14/h1-10,12H. The van der Waals surface area contributed by atoms with Gasteiger partial charge < -0.3 is 0 Å². The SMILES string of the molecule is ClC=C=C(c1ccccc1)c1ccccc1. The van der Waals surface area contributed by atoms with Crippen LogP contribution in [0.2, 0.25) is 0 Å². The molecule has 2 aromatic carbocycles. The van der Waals surface area contributed by atoms with Crippen LogP contribution in [0.3, 0.4) is 0 Å². The van der Waals surface area contributed by atoms with E-state index >= 15 is 0 Å². The van der Waals surface area contributed by atoms with Crippen LogP contribution in [0.5, 0.6) is 0 Å². The van der Waals surface area contributed by atoms with E-state index in [1.807, 2.05) is 36.4 Å². The van der Waals surface area contributed by atoms with Gasteiger partial charge in [-0.15, -0.1) is 0 Å². The van der Waals surface area contributed by atoms with Crippen LogP contribution in [0.15, 0.2) is 71.9 Å². The van der Waals surface area contributed by atoms with Crippen molar-refractivity contribution in [3.63, 3.8) is 0 Å². The third kappa shape index (κ3) is 2.43. The molecule has 0 saturated carbocycles. The molecule has 2 aromatic rings. The van der Waals surface area contributed by atoms with E-state index in [0.717, 1.165) is 16.7 Å². The third-order valence-electron chi connectivity index (χ3n) is 2.32. The number of hydrogen-bond donors (Lipinski definition) is 0. The summed E-state index contributed by atoms with van der Waals surface area (Å²) < 4.78 is 0. The van der Waals surface area contributed by atoms with E-state index in [0.29, 0.717) is 0 Å². The molecule has 2 rings (SSSR count). The highest BCUT2D eigenvalue weighted by Crippen LogP contribution is 2.21. The lowest BCUT2D eigenvalue weighted by Crippen LogP contribution is -1.85. The summed E-state index contributed by atoms with van der Waals surface area (Å²) in [5.41, 5.74) is 7.74. The Bertz CT molecular complexity index is 464. The first-order chi connectivity index (χ1) is 7.92. The molecular formula is C15H11Cl. The average molecular weight is 227 g/mol. The quantitative estimate of drug-likeness (QED) is 0.663. The Labute approximate surface area is 101 Å². The second-order valence-electron chi connectivity index (χ2n) is 3.36. The maximum atomic E-state index is 5.64. The first-order valence-electron chi connectivity index (χ1n) is 5.08. The number of halogens is 1. The Morgan fingerprint density at radius 3 is 1.62 bits per heavy atom. The molecule has 0 radical (unpaired) electrons. The molecule has 0 aliphatic heterocycles. The minimum Gasteiger partial charge on any atom is -0.0993 e. The summed E-state index contributed by atoms with van der Waals surface area (Å²) >= 11 is 5.64. The summed E-state index contributed by atoms with van der Waals surface area (Å²) in [6, 6.07) is 20.2. The molecule has 0 spiro atoms. The molecule has 0 aromatic heterocycles. The van der Waals surface area contributed by atoms with Crippen LogP contribution in [-0.2, 0) is 0 Å². The number of rotatable bonds is 2. The smallest absolute Gasteiger partial charge is 0.0469 e. The summed E-state index contributed by atoms with van der Waals surface area (Å²) in [5.74, 6) is 0. The van der Waals surface area contributed by atoms with Gasteiger partial charge in [-0.2, -0.15) is 0 Å². The van der Waals surface area contributed by atoms with Gasteiger partial charge in [0.1, 0.15) is 0 Å². The van der Waals surface area contributed by atoms with Gasteiger partial charge in [-0.1, -0.05) is 78.0 Å². The van der Waals surface area contributed by atoms with Crippen molar-refractivity contribution >= 4 is 17.2 Å². The van der Waals surface area contributed by atoms with Crippen LogP contribution >= 0.6 is 11.6 Å². The number of hydrogen-bond acceptors (Lipinski definition) is 0. The fraction of sp³-hybridized carbons (Fsp3) is 0. The van der Waals surface area contributed by atoms with Crippen LogP contribution in [-0.4, -0.2) is 0 Å². The molecule has 1 heteroatoms. The minimum atomic E-state index is 1.01. The van der Waals surface area contributed by atoms with Crippen LogP contribution in [0.4, 0.5) is 0 Å². The molecule has 0 bridgehead atoms. The van der Waals surface area contributed by atoms with Crippen molar-refractivity contribution in [2.75, 3.05) is 0 Å². The minimum absolute atomic E-state index is 1.01. The average Bonchev–Trinajstić information content (AvgIpc) is 2.38. The first kappa shape index (κ1) is 10.8. The summed E-state index contributed by atoms with van der Waals surface area (Å²) in [6.07, 6.45) is 0. The molecule has 0 aliphatic carbocycles. The lowest BCUT2D eigenvalue weighted by atomic mass is 9.99. The van der Waals surface area contributed by atoms with Crippen molar-refractivity contribution < 1.29 is 0 Å².